The van der Waals surface area contributed by atoms with Gasteiger partial charge in [0, 0.05) is 19.9 Å². The van der Waals surface area contributed by atoms with Gasteiger partial charge >= 0.3 is 0 Å². The van der Waals surface area contributed by atoms with Crippen molar-refractivity contribution in [3.8, 4) is 0 Å². The molecule has 4 nitrogen and oxygen atoms in total. The summed E-state index contributed by atoms with van der Waals surface area (Å²) in [6.07, 6.45) is 9.07. The minimum atomic E-state index is -0.209. The fourth-order valence-electron chi connectivity index (χ4n) is 3.03. The predicted octanol–water partition coefficient (Wildman–Crippen LogP) is 2.55. The number of aryl methyl sites for hydroxylation is 1. The van der Waals surface area contributed by atoms with Crippen molar-refractivity contribution in [3.63, 3.8) is 0 Å². The lowest BCUT2D eigenvalue weighted by molar-refractivity contribution is -0.0704. The third-order valence-corrected chi connectivity index (χ3v) is 4.00. The molecule has 1 unspecified atom stereocenters. The lowest BCUT2D eigenvalue weighted by atomic mass is 9.85. The summed E-state index contributed by atoms with van der Waals surface area (Å²) in [5, 5.41) is 4.46. The van der Waals surface area contributed by atoms with Crippen molar-refractivity contribution in [2.45, 2.75) is 57.1 Å². The molecule has 1 aliphatic rings. The largest absolute Gasteiger partial charge is 0.373 e. The molecule has 2 rings (SSSR count). The minimum absolute atomic E-state index is 0.114. The van der Waals surface area contributed by atoms with Gasteiger partial charge in [0.15, 0.2) is 0 Å². The predicted molar refractivity (Wildman–Crippen MR) is 72.2 cm³/mol. The molecule has 4 heteroatoms. The van der Waals surface area contributed by atoms with Crippen molar-refractivity contribution in [2.24, 2.45) is 12.8 Å². The molecule has 1 saturated carbocycles. The van der Waals surface area contributed by atoms with Gasteiger partial charge in [-0.25, -0.2) is 0 Å². The Balaban J connectivity index is 2.22. The number of nitrogens with two attached hydrogens (primary N) is 1. The Morgan fingerprint density at radius 3 is 2.56 bits per heavy atom. The molecule has 1 aliphatic carbocycles. The SMILES string of the molecule is CCOC1(C(N)c2ccn(C)n2)CCCCCC1. The number of nitrogens with zero attached hydrogens (tertiary/aromatic N) is 2. The molecule has 102 valence electrons. The molecule has 0 aromatic carbocycles. The molecule has 1 atom stereocenters. The van der Waals surface area contributed by atoms with E-state index in [4.69, 9.17) is 10.5 Å². The highest BCUT2D eigenvalue weighted by Crippen LogP contribution is 2.38. The third kappa shape index (κ3) is 2.75. The lowest BCUT2D eigenvalue weighted by Gasteiger charge is -2.37. The van der Waals surface area contributed by atoms with Gasteiger partial charge in [0.1, 0.15) is 0 Å². The molecule has 0 saturated heterocycles. The first kappa shape index (κ1) is 13.6. The van der Waals surface area contributed by atoms with E-state index in [-0.39, 0.29) is 11.6 Å². The summed E-state index contributed by atoms with van der Waals surface area (Å²) in [4.78, 5) is 0. The highest BCUT2D eigenvalue weighted by atomic mass is 16.5. The van der Waals surface area contributed by atoms with E-state index in [9.17, 15) is 0 Å². The van der Waals surface area contributed by atoms with Gasteiger partial charge in [-0.15, -0.1) is 0 Å². The van der Waals surface area contributed by atoms with Crippen LogP contribution in [0.5, 0.6) is 0 Å². The highest BCUT2D eigenvalue weighted by Gasteiger charge is 2.39. The van der Waals surface area contributed by atoms with Crippen LogP contribution in [-0.4, -0.2) is 22.0 Å². The molecule has 1 aromatic rings. The van der Waals surface area contributed by atoms with E-state index in [1.807, 2.05) is 24.0 Å². The smallest absolute Gasteiger partial charge is 0.0890 e. The van der Waals surface area contributed by atoms with E-state index in [1.165, 1.54) is 25.7 Å². The summed E-state index contributed by atoms with van der Waals surface area (Å²) < 4.78 is 7.91. The Labute approximate surface area is 110 Å². The summed E-state index contributed by atoms with van der Waals surface area (Å²) >= 11 is 0. The van der Waals surface area contributed by atoms with Crippen LogP contribution >= 0.6 is 0 Å². The van der Waals surface area contributed by atoms with Crippen molar-refractivity contribution < 1.29 is 4.74 Å². The van der Waals surface area contributed by atoms with Gasteiger partial charge in [-0.05, 0) is 25.8 Å². The zero-order valence-electron chi connectivity index (χ0n) is 11.6. The Morgan fingerprint density at radius 1 is 1.39 bits per heavy atom. The van der Waals surface area contributed by atoms with E-state index in [0.29, 0.717) is 0 Å². The zero-order valence-corrected chi connectivity index (χ0v) is 11.6. The maximum absolute atomic E-state index is 6.47. The Hall–Kier alpha value is -0.870. The molecule has 1 fully saturated rings. The molecule has 1 heterocycles. The van der Waals surface area contributed by atoms with Crippen LogP contribution in [0.1, 0.15) is 57.2 Å². The molecule has 0 spiro atoms. The third-order valence-electron chi connectivity index (χ3n) is 4.00. The van der Waals surface area contributed by atoms with Gasteiger partial charge in [0.05, 0.1) is 17.3 Å². The second-order valence-corrected chi connectivity index (χ2v) is 5.30. The van der Waals surface area contributed by atoms with Gasteiger partial charge in [-0.2, -0.15) is 5.10 Å². The first-order valence-electron chi connectivity index (χ1n) is 7.07. The van der Waals surface area contributed by atoms with Crippen LogP contribution in [0.3, 0.4) is 0 Å². The van der Waals surface area contributed by atoms with E-state index in [2.05, 4.69) is 12.0 Å². The lowest BCUT2D eigenvalue weighted by Crippen LogP contribution is -2.44. The molecule has 0 aliphatic heterocycles. The van der Waals surface area contributed by atoms with Crippen LogP contribution in [0.15, 0.2) is 12.3 Å². The van der Waals surface area contributed by atoms with Crippen LogP contribution in [0.25, 0.3) is 0 Å². The molecule has 0 bridgehead atoms. The summed E-state index contributed by atoms with van der Waals surface area (Å²) in [7, 11) is 1.93. The van der Waals surface area contributed by atoms with Crippen molar-refractivity contribution in [3.05, 3.63) is 18.0 Å². The fourth-order valence-corrected chi connectivity index (χ4v) is 3.03. The first-order chi connectivity index (χ1) is 8.68. The van der Waals surface area contributed by atoms with Crippen LogP contribution in [0, 0.1) is 0 Å². The second kappa shape index (κ2) is 5.85. The molecule has 18 heavy (non-hydrogen) atoms. The van der Waals surface area contributed by atoms with Gasteiger partial charge in [0.25, 0.3) is 0 Å². The number of hydrogen-bond acceptors (Lipinski definition) is 3. The normalized spacial score (nSPS) is 21.5. The molecule has 0 radical (unpaired) electrons. The average molecular weight is 251 g/mol. The molecule has 1 aromatic heterocycles. The minimum Gasteiger partial charge on any atom is -0.373 e. The molecular formula is C14H25N3O. The van der Waals surface area contributed by atoms with Crippen molar-refractivity contribution >= 4 is 0 Å². The Bertz CT molecular complexity index is 367. The molecule has 0 amide bonds. The average Bonchev–Trinajstić information content (AvgIpc) is 2.64. The van der Waals surface area contributed by atoms with Gasteiger partial charge in [-0.1, -0.05) is 25.7 Å². The quantitative estimate of drug-likeness (QED) is 0.837. The zero-order chi connectivity index (χ0) is 13.0. The topological polar surface area (TPSA) is 53.1 Å². The summed E-state index contributed by atoms with van der Waals surface area (Å²) in [6, 6.07) is 1.90. The first-order valence-corrected chi connectivity index (χ1v) is 7.07. The second-order valence-electron chi connectivity index (χ2n) is 5.30. The van der Waals surface area contributed by atoms with Crippen LogP contribution in [-0.2, 0) is 11.8 Å². The van der Waals surface area contributed by atoms with Crippen LogP contribution < -0.4 is 5.73 Å². The summed E-state index contributed by atoms with van der Waals surface area (Å²) in [6.45, 7) is 2.78. The van der Waals surface area contributed by atoms with Crippen molar-refractivity contribution in [1.29, 1.82) is 0 Å². The molecular weight excluding hydrogens is 226 g/mol. The maximum atomic E-state index is 6.47. The van der Waals surface area contributed by atoms with E-state index < -0.39 is 0 Å². The highest BCUT2D eigenvalue weighted by molar-refractivity contribution is 5.12. The molecule has 2 N–H and O–H groups in total. The standard InChI is InChI=1S/C14H25N3O/c1-3-18-14(9-6-4-5-7-10-14)13(15)12-8-11-17(2)16-12/h8,11,13H,3-7,9-10,15H2,1-2H3. The van der Waals surface area contributed by atoms with Crippen LogP contribution in [0.4, 0.5) is 0 Å². The monoisotopic (exact) mass is 251 g/mol. The summed E-state index contributed by atoms with van der Waals surface area (Å²) in [5.41, 5.74) is 7.22. The van der Waals surface area contributed by atoms with Gasteiger partial charge < -0.3 is 10.5 Å². The van der Waals surface area contributed by atoms with E-state index >= 15 is 0 Å². The number of hydrogen-bond donors (Lipinski definition) is 1. The van der Waals surface area contributed by atoms with Gasteiger partial charge in [-0.3, -0.25) is 4.68 Å². The number of rotatable bonds is 4. The summed E-state index contributed by atoms with van der Waals surface area (Å²) in [5.74, 6) is 0. The fraction of sp³-hybridized carbons (Fsp3) is 0.786. The number of aromatic nitrogens is 2. The Kier molecular flexibility index (Phi) is 4.40. The number of ether oxygens (including phenoxy) is 1. The Morgan fingerprint density at radius 2 is 2.06 bits per heavy atom. The van der Waals surface area contributed by atoms with Crippen LogP contribution in [0.2, 0.25) is 0 Å². The van der Waals surface area contributed by atoms with Crippen molar-refractivity contribution in [2.75, 3.05) is 6.61 Å². The maximum Gasteiger partial charge on any atom is 0.0890 e. The van der Waals surface area contributed by atoms with E-state index in [0.717, 1.165) is 25.1 Å². The van der Waals surface area contributed by atoms with E-state index in [1.54, 1.807) is 0 Å². The van der Waals surface area contributed by atoms with Gasteiger partial charge in [0.2, 0.25) is 0 Å². The van der Waals surface area contributed by atoms with Crippen molar-refractivity contribution in [1.82, 2.24) is 9.78 Å².